The van der Waals surface area contributed by atoms with E-state index in [2.05, 4.69) is 0 Å². The van der Waals surface area contributed by atoms with Crippen molar-refractivity contribution in [2.45, 2.75) is 25.1 Å². The first kappa shape index (κ1) is 13.2. The highest BCUT2D eigenvalue weighted by atomic mass is 19.4. The molecule has 4 nitrogen and oxygen atoms in total. The topological polar surface area (TPSA) is 52.6 Å². The zero-order valence-corrected chi connectivity index (χ0v) is 8.76. The monoisotopic (exact) mass is 240 g/mol. The Balaban J connectivity index is 2.28. The number of rotatable bonds is 4. The minimum Gasteiger partial charge on any atom is -0.395 e. The minimum absolute atomic E-state index is 0.0629. The number of halogens is 3. The van der Waals surface area contributed by atoms with Crippen molar-refractivity contribution in [3.8, 4) is 0 Å². The van der Waals surface area contributed by atoms with Gasteiger partial charge in [-0.1, -0.05) is 0 Å². The number of aliphatic hydroxyl groups excluding tert-OH is 1. The number of amides is 1. The summed E-state index contributed by atoms with van der Waals surface area (Å²) in [5, 5.41) is 10.8. The molecule has 0 spiro atoms. The molecular formula is C9H15F3N2O2. The van der Waals surface area contributed by atoms with Gasteiger partial charge < -0.3 is 10.4 Å². The van der Waals surface area contributed by atoms with E-state index in [-0.39, 0.29) is 19.2 Å². The summed E-state index contributed by atoms with van der Waals surface area (Å²) in [7, 11) is 0. The van der Waals surface area contributed by atoms with E-state index >= 15 is 0 Å². The molecule has 1 rings (SSSR count). The number of nitrogens with one attached hydrogen (secondary N) is 1. The van der Waals surface area contributed by atoms with Crippen LogP contribution in [-0.2, 0) is 4.79 Å². The molecule has 0 aromatic rings. The summed E-state index contributed by atoms with van der Waals surface area (Å²) in [6.45, 7) is -0.804. The zero-order valence-electron chi connectivity index (χ0n) is 8.76. The second kappa shape index (κ2) is 5.49. The molecule has 0 radical (unpaired) electrons. The number of hydrogen-bond acceptors (Lipinski definition) is 3. The van der Waals surface area contributed by atoms with Gasteiger partial charge in [0.1, 0.15) is 6.54 Å². The van der Waals surface area contributed by atoms with Crippen LogP contribution < -0.4 is 5.32 Å². The van der Waals surface area contributed by atoms with Crippen LogP contribution in [0.1, 0.15) is 12.8 Å². The Morgan fingerprint density at radius 2 is 2.19 bits per heavy atom. The second-order valence-electron chi connectivity index (χ2n) is 3.84. The minimum atomic E-state index is -4.38. The van der Waals surface area contributed by atoms with Crippen molar-refractivity contribution in [3.63, 3.8) is 0 Å². The van der Waals surface area contributed by atoms with Crippen molar-refractivity contribution in [3.05, 3.63) is 0 Å². The molecule has 1 atom stereocenters. The number of carbonyl (C=O) groups excluding carboxylic acids is 1. The molecule has 0 aliphatic carbocycles. The predicted molar refractivity (Wildman–Crippen MR) is 50.7 cm³/mol. The number of carbonyl (C=O) groups is 1. The Morgan fingerprint density at radius 1 is 1.50 bits per heavy atom. The third-order valence-electron chi connectivity index (χ3n) is 2.54. The molecule has 0 aromatic carbocycles. The quantitative estimate of drug-likeness (QED) is 0.734. The van der Waals surface area contributed by atoms with E-state index < -0.39 is 18.6 Å². The van der Waals surface area contributed by atoms with Crippen LogP contribution in [0, 0.1) is 0 Å². The summed E-state index contributed by atoms with van der Waals surface area (Å²) in [5.74, 6) is -0.655. The first-order chi connectivity index (χ1) is 7.42. The van der Waals surface area contributed by atoms with Crippen molar-refractivity contribution in [1.82, 2.24) is 10.2 Å². The molecule has 1 amide bonds. The Bertz CT molecular complexity index is 245. The lowest BCUT2D eigenvalue weighted by Crippen LogP contribution is -2.43. The molecule has 1 unspecified atom stereocenters. The molecule has 16 heavy (non-hydrogen) atoms. The van der Waals surface area contributed by atoms with Crippen LogP contribution in [0.5, 0.6) is 0 Å². The third kappa shape index (κ3) is 4.36. The number of alkyl halides is 3. The molecule has 0 aromatic heterocycles. The van der Waals surface area contributed by atoms with Gasteiger partial charge >= 0.3 is 6.18 Å². The standard InChI is InChI=1S/C9H15F3N2O2/c10-9(11,12)6-13-8(16)4-14-3-1-2-7(14)5-15/h7,15H,1-6H2,(H,13,16). The van der Waals surface area contributed by atoms with E-state index in [1.54, 1.807) is 10.2 Å². The Hall–Kier alpha value is -0.820. The lowest BCUT2D eigenvalue weighted by molar-refractivity contribution is -0.139. The number of nitrogens with zero attached hydrogens (tertiary/aromatic N) is 1. The second-order valence-corrected chi connectivity index (χ2v) is 3.84. The fourth-order valence-electron chi connectivity index (χ4n) is 1.75. The van der Waals surface area contributed by atoms with Gasteiger partial charge in [0, 0.05) is 6.04 Å². The van der Waals surface area contributed by atoms with Gasteiger partial charge in [-0.25, -0.2) is 0 Å². The van der Waals surface area contributed by atoms with E-state index in [0.29, 0.717) is 6.54 Å². The van der Waals surface area contributed by atoms with Crippen molar-refractivity contribution in [2.75, 3.05) is 26.2 Å². The first-order valence-corrected chi connectivity index (χ1v) is 5.11. The predicted octanol–water partition coefficient (Wildman–Crippen LogP) is 0.122. The zero-order chi connectivity index (χ0) is 12.2. The average Bonchev–Trinajstić information content (AvgIpc) is 2.61. The molecule has 1 saturated heterocycles. The SMILES string of the molecule is O=C(CN1CCCC1CO)NCC(F)(F)F. The van der Waals surface area contributed by atoms with Gasteiger partial charge in [-0.15, -0.1) is 0 Å². The molecule has 1 aliphatic heterocycles. The smallest absolute Gasteiger partial charge is 0.395 e. The molecule has 1 fully saturated rings. The average molecular weight is 240 g/mol. The molecule has 1 aliphatic rings. The maximum Gasteiger partial charge on any atom is 0.405 e. The van der Waals surface area contributed by atoms with Gasteiger partial charge in [0.15, 0.2) is 0 Å². The molecular weight excluding hydrogens is 225 g/mol. The van der Waals surface area contributed by atoms with Crippen LogP contribution in [0.3, 0.4) is 0 Å². The number of aliphatic hydroxyl groups is 1. The molecule has 2 N–H and O–H groups in total. The maximum absolute atomic E-state index is 11.8. The van der Waals surface area contributed by atoms with Gasteiger partial charge in [-0.05, 0) is 19.4 Å². The van der Waals surface area contributed by atoms with Crippen LogP contribution >= 0.6 is 0 Å². The molecule has 0 bridgehead atoms. The van der Waals surface area contributed by atoms with Gasteiger partial charge in [0.25, 0.3) is 0 Å². The fourth-order valence-corrected chi connectivity index (χ4v) is 1.75. The number of likely N-dealkylation sites (tertiary alicyclic amines) is 1. The lowest BCUT2D eigenvalue weighted by atomic mass is 10.2. The third-order valence-corrected chi connectivity index (χ3v) is 2.54. The van der Waals surface area contributed by atoms with Crippen LogP contribution in [0.15, 0.2) is 0 Å². The van der Waals surface area contributed by atoms with Gasteiger partial charge in [0.05, 0.1) is 13.2 Å². The summed E-state index contributed by atoms with van der Waals surface area (Å²) in [4.78, 5) is 12.9. The maximum atomic E-state index is 11.8. The molecule has 94 valence electrons. The van der Waals surface area contributed by atoms with Crippen LogP contribution in [0.25, 0.3) is 0 Å². The largest absolute Gasteiger partial charge is 0.405 e. The van der Waals surface area contributed by atoms with Crippen molar-refractivity contribution >= 4 is 5.91 Å². The van der Waals surface area contributed by atoms with Crippen molar-refractivity contribution in [1.29, 1.82) is 0 Å². The van der Waals surface area contributed by atoms with Gasteiger partial charge in [-0.3, -0.25) is 9.69 Å². The Labute approximate surface area is 91.4 Å². The van der Waals surface area contributed by atoms with E-state index in [0.717, 1.165) is 12.8 Å². The number of hydrogen-bond donors (Lipinski definition) is 2. The van der Waals surface area contributed by atoms with Crippen LogP contribution in [0.4, 0.5) is 13.2 Å². The van der Waals surface area contributed by atoms with E-state index in [1.807, 2.05) is 0 Å². The van der Waals surface area contributed by atoms with Crippen molar-refractivity contribution < 1.29 is 23.1 Å². The van der Waals surface area contributed by atoms with Crippen LogP contribution in [-0.4, -0.2) is 54.4 Å². The molecule has 0 saturated carbocycles. The highest BCUT2D eigenvalue weighted by molar-refractivity contribution is 5.78. The van der Waals surface area contributed by atoms with Gasteiger partial charge in [0.2, 0.25) is 5.91 Å². The lowest BCUT2D eigenvalue weighted by Gasteiger charge is -2.21. The van der Waals surface area contributed by atoms with Crippen molar-refractivity contribution in [2.24, 2.45) is 0 Å². The summed E-state index contributed by atoms with van der Waals surface area (Å²) in [6, 6.07) is -0.100. The summed E-state index contributed by atoms with van der Waals surface area (Å²) >= 11 is 0. The molecule has 7 heteroatoms. The fraction of sp³-hybridized carbons (Fsp3) is 0.889. The van der Waals surface area contributed by atoms with Gasteiger partial charge in [-0.2, -0.15) is 13.2 Å². The Kier molecular flexibility index (Phi) is 4.55. The highest BCUT2D eigenvalue weighted by Gasteiger charge is 2.29. The normalized spacial score (nSPS) is 22.4. The molecule has 1 heterocycles. The summed E-state index contributed by atoms with van der Waals surface area (Å²) in [5.41, 5.74) is 0. The Morgan fingerprint density at radius 3 is 2.75 bits per heavy atom. The van der Waals surface area contributed by atoms with E-state index in [1.165, 1.54) is 0 Å². The first-order valence-electron chi connectivity index (χ1n) is 5.11. The van der Waals surface area contributed by atoms with Crippen LogP contribution in [0.2, 0.25) is 0 Å². The van der Waals surface area contributed by atoms with E-state index in [9.17, 15) is 18.0 Å². The van der Waals surface area contributed by atoms with E-state index in [4.69, 9.17) is 5.11 Å². The summed E-state index contributed by atoms with van der Waals surface area (Å²) in [6.07, 6.45) is -2.74. The summed E-state index contributed by atoms with van der Waals surface area (Å²) < 4.78 is 35.4. The highest BCUT2D eigenvalue weighted by Crippen LogP contribution is 2.16.